The van der Waals surface area contributed by atoms with Crippen LogP contribution in [0.1, 0.15) is 51.9 Å². The molecule has 1 aliphatic carbocycles. The second kappa shape index (κ2) is 7.90. The SMILES string of the molecule is CCCCCC1=CCC[C@H]1OC(=O)CC(=O)OC. The van der Waals surface area contributed by atoms with Gasteiger partial charge in [0.1, 0.15) is 12.5 Å². The van der Waals surface area contributed by atoms with Crippen LogP contribution in [0.4, 0.5) is 0 Å². The first-order valence-electron chi connectivity index (χ1n) is 6.62. The van der Waals surface area contributed by atoms with Crippen molar-refractivity contribution in [1.29, 1.82) is 0 Å². The maximum Gasteiger partial charge on any atom is 0.317 e. The maximum absolute atomic E-state index is 11.5. The molecule has 0 aromatic heterocycles. The van der Waals surface area contributed by atoms with E-state index in [2.05, 4.69) is 17.7 Å². The molecule has 18 heavy (non-hydrogen) atoms. The van der Waals surface area contributed by atoms with Crippen LogP contribution in [0.2, 0.25) is 0 Å². The number of hydrogen-bond acceptors (Lipinski definition) is 4. The molecule has 0 unspecified atom stereocenters. The monoisotopic (exact) mass is 254 g/mol. The fourth-order valence-electron chi connectivity index (χ4n) is 2.10. The number of carbonyl (C=O) groups is 2. The Labute approximate surface area is 108 Å². The highest BCUT2D eigenvalue weighted by molar-refractivity contribution is 5.91. The number of carbonyl (C=O) groups excluding carboxylic acids is 2. The Kier molecular flexibility index (Phi) is 6.47. The van der Waals surface area contributed by atoms with Crippen LogP contribution in [0.25, 0.3) is 0 Å². The van der Waals surface area contributed by atoms with Crippen molar-refractivity contribution < 1.29 is 19.1 Å². The quantitative estimate of drug-likeness (QED) is 0.303. The summed E-state index contributed by atoms with van der Waals surface area (Å²) >= 11 is 0. The van der Waals surface area contributed by atoms with E-state index in [9.17, 15) is 9.59 Å². The zero-order valence-electron chi connectivity index (χ0n) is 11.2. The van der Waals surface area contributed by atoms with E-state index in [-0.39, 0.29) is 12.5 Å². The third-order valence-electron chi connectivity index (χ3n) is 3.11. The molecule has 0 N–H and O–H groups in total. The summed E-state index contributed by atoms with van der Waals surface area (Å²) in [6, 6.07) is 0. The number of esters is 2. The van der Waals surface area contributed by atoms with Crippen molar-refractivity contribution in [2.45, 2.75) is 58.0 Å². The fraction of sp³-hybridized carbons (Fsp3) is 0.714. The van der Waals surface area contributed by atoms with Crippen molar-refractivity contribution in [3.05, 3.63) is 11.6 Å². The van der Waals surface area contributed by atoms with Gasteiger partial charge in [-0.05, 0) is 31.3 Å². The Balaban J connectivity index is 2.34. The van der Waals surface area contributed by atoms with Crippen LogP contribution in [0, 0.1) is 0 Å². The van der Waals surface area contributed by atoms with E-state index in [1.165, 1.54) is 25.5 Å². The van der Waals surface area contributed by atoms with Crippen molar-refractivity contribution in [2.75, 3.05) is 7.11 Å². The van der Waals surface area contributed by atoms with Crippen molar-refractivity contribution in [2.24, 2.45) is 0 Å². The Morgan fingerprint density at radius 1 is 1.33 bits per heavy atom. The Morgan fingerprint density at radius 2 is 2.11 bits per heavy atom. The number of ether oxygens (including phenoxy) is 2. The van der Waals surface area contributed by atoms with Crippen LogP contribution in [-0.2, 0) is 19.1 Å². The molecular formula is C14H22O4. The molecule has 0 spiro atoms. The number of unbranched alkanes of at least 4 members (excludes halogenated alkanes) is 2. The lowest BCUT2D eigenvalue weighted by Gasteiger charge is -2.15. The molecule has 1 rings (SSSR count). The lowest BCUT2D eigenvalue weighted by Crippen LogP contribution is -2.20. The van der Waals surface area contributed by atoms with E-state index < -0.39 is 11.9 Å². The molecule has 0 aromatic carbocycles. The molecule has 102 valence electrons. The number of hydrogen-bond donors (Lipinski definition) is 0. The van der Waals surface area contributed by atoms with Crippen LogP contribution in [-0.4, -0.2) is 25.2 Å². The van der Waals surface area contributed by atoms with Crippen LogP contribution in [0.15, 0.2) is 11.6 Å². The lowest BCUT2D eigenvalue weighted by atomic mass is 10.1. The lowest BCUT2D eigenvalue weighted by molar-refractivity contribution is -0.155. The third-order valence-corrected chi connectivity index (χ3v) is 3.11. The molecule has 0 fully saturated rings. The molecule has 0 saturated carbocycles. The minimum atomic E-state index is -0.547. The van der Waals surface area contributed by atoms with Gasteiger partial charge in [0.25, 0.3) is 0 Å². The second-order valence-electron chi connectivity index (χ2n) is 4.54. The van der Waals surface area contributed by atoms with Gasteiger partial charge in [-0.3, -0.25) is 9.59 Å². The zero-order valence-corrected chi connectivity index (χ0v) is 11.2. The van der Waals surface area contributed by atoms with Gasteiger partial charge in [0.2, 0.25) is 0 Å². The summed E-state index contributed by atoms with van der Waals surface area (Å²) in [5, 5.41) is 0. The average Bonchev–Trinajstić information content (AvgIpc) is 2.76. The van der Waals surface area contributed by atoms with E-state index >= 15 is 0 Å². The molecule has 0 aliphatic heterocycles. The summed E-state index contributed by atoms with van der Waals surface area (Å²) < 4.78 is 9.76. The molecule has 4 heteroatoms. The van der Waals surface area contributed by atoms with Crippen molar-refractivity contribution in [3.63, 3.8) is 0 Å². The highest BCUT2D eigenvalue weighted by Gasteiger charge is 2.23. The van der Waals surface area contributed by atoms with Crippen LogP contribution < -0.4 is 0 Å². The summed E-state index contributed by atoms with van der Waals surface area (Å²) in [4.78, 5) is 22.4. The highest BCUT2D eigenvalue weighted by Crippen LogP contribution is 2.26. The summed E-state index contributed by atoms with van der Waals surface area (Å²) in [6.45, 7) is 2.16. The third kappa shape index (κ3) is 4.90. The van der Waals surface area contributed by atoms with Gasteiger partial charge in [-0.15, -0.1) is 0 Å². The summed E-state index contributed by atoms with van der Waals surface area (Å²) in [5.41, 5.74) is 1.21. The molecule has 0 radical (unpaired) electrons. The van der Waals surface area contributed by atoms with Crippen molar-refractivity contribution in [3.8, 4) is 0 Å². The van der Waals surface area contributed by atoms with Gasteiger partial charge < -0.3 is 9.47 Å². The normalized spacial score (nSPS) is 18.3. The predicted octanol–water partition coefficient (Wildman–Crippen LogP) is 2.76. The topological polar surface area (TPSA) is 52.6 Å². The number of methoxy groups -OCH3 is 1. The first kappa shape index (κ1) is 14.7. The van der Waals surface area contributed by atoms with Gasteiger partial charge in [0.05, 0.1) is 7.11 Å². The average molecular weight is 254 g/mol. The molecule has 1 atom stereocenters. The molecule has 0 aromatic rings. The van der Waals surface area contributed by atoms with E-state index in [1.807, 2.05) is 0 Å². The minimum Gasteiger partial charge on any atom is -0.469 e. The van der Waals surface area contributed by atoms with Crippen LogP contribution >= 0.6 is 0 Å². The minimum absolute atomic E-state index is 0.126. The van der Waals surface area contributed by atoms with Crippen LogP contribution in [0.5, 0.6) is 0 Å². The van der Waals surface area contributed by atoms with Gasteiger partial charge in [-0.25, -0.2) is 0 Å². The van der Waals surface area contributed by atoms with Gasteiger partial charge >= 0.3 is 11.9 Å². The first-order chi connectivity index (χ1) is 8.67. The summed E-state index contributed by atoms with van der Waals surface area (Å²) in [7, 11) is 1.27. The fourth-order valence-corrected chi connectivity index (χ4v) is 2.10. The standard InChI is InChI=1S/C14H22O4/c1-3-4-5-7-11-8-6-9-12(11)18-14(16)10-13(15)17-2/h8,12H,3-7,9-10H2,1-2H3/t12-/m1/s1. The Hall–Kier alpha value is -1.32. The van der Waals surface area contributed by atoms with Crippen molar-refractivity contribution in [1.82, 2.24) is 0 Å². The molecule has 0 heterocycles. The van der Waals surface area contributed by atoms with Crippen molar-refractivity contribution >= 4 is 11.9 Å². The van der Waals surface area contributed by atoms with Gasteiger partial charge in [-0.1, -0.05) is 25.8 Å². The Bertz CT molecular complexity index is 320. The van der Waals surface area contributed by atoms with Gasteiger partial charge in [-0.2, -0.15) is 0 Å². The zero-order chi connectivity index (χ0) is 13.4. The molecule has 0 saturated heterocycles. The number of rotatable bonds is 7. The van der Waals surface area contributed by atoms with E-state index in [0.717, 1.165) is 25.7 Å². The van der Waals surface area contributed by atoms with E-state index in [4.69, 9.17) is 4.74 Å². The van der Waals surface area contributed by atoms with E-state index in [0.29, 0.717) is 0 Å². The molecule has 1 aliphatic rings. The summed E-state index contributed by atoms with van der Waals surface area (Å²) in [5.74, 6) is -1.04. The van der Waals surface area contributed by atoms with Gasteiger partial charge in [0, 0.05) is 0 Å². The number of allylic oxidation sites excluding steroid dienone is 1. The Morgan fingerprint density at radius 3 is 2.78 bits per heavy atom. The smallest absolute Gasteiger partial charge is 0.317 e. The molecule has 4 nitrogen and oxygen atoms in total. The molecule has 0 bridgehead atoms. The highest BCUT2D eigenvalue weighted by atomic mass is 16.6. The summed E-state index contributed by atoms with van der Waals surface area (Å²) in [6.07, 6.45) is 8.03. The van der Waals surface area contributed by atoms with Crippen LogP contribution in [0.3, 0.4) is 0 Å². The molecule has 0 amide bonds. The molecular weight excluding hydrogens is 232 g/mol. The largest absolute Gasteiger partial charge is 0.469 e. The maximum atomic E-state index is 11.5. The second-order valence-corrected chi connectivity index (χ2v) is 4.54. The predicted molar refractivity (Wildman–Crippen MR) is 68.0 cm³/mol. The first-order valence-corrected chi connectivity index (χ1v) is 6.62. The van der Waals surface area contributed by atoms with E-state index in [1.54, 1.807) is 0 Å². The van der Waals surface area contributed by atoms with Gasteiger partial charge in [0.15, 0.2) is 0 Å².